The number of carbonyl (C=O) groups is 1. The molecule has 1 N–H and O–H groups in total. The Labute approximate surface area is 149 Å². The van der Waals surface area contributed by atoms with Crippen molar-refractivity contribution in [2.24, 2.45) is 5.92 Å². The first-order chi connectivity index (χ1) is 12.5. The zero-order valence-electron chi connectivity index (χ0n) is 14.6. The fraction of sp³-hybridized carbons (Fsp3) is 0.263. The number of hydrogen-bond acceptors (Lipinski definition) is 4. The summed E-state index contributed by atoms with van der Waals surface area (Å²) >= 11 is 0. The van der Waals surface area contributed by atoms with Gasteiger partial charge in [0.1, 0.15) is 11.3 Å². The number of aromatic nitrogens is 3. The van der Waals surface area contributed by atoms with Crippen LogP contribution in [0.25, 0.3) is 11.2 Å². The van der Waals surface area contributed by atoms with Gasteiger partial charge < -0.3 is 5.32 Å². The molecule has 0 atom stereocenters. The Balaban J connectivity index is 1.94. The highest BCUT2D eigenvalue weighted by Crippen LogP contribution is 2.09. The molecule has 0 unspecified atom stereocenters. The lowest BCUT2D eigenvalue weighted by Crippen LogP contribution is -2.35. The molecular weight excluding hydrogens is 335 g/mol. The monoisotopic (exact) mass is 354 g/mol. The van der Waals surface area contributed by atoms with Gasteiger partial charge in [0.15, 0.2) is 11.3 Å². The Hall–Kier alpha value is -3.09. The molecule has 134 valence electrons. The van der Waals surface area contributed by atoms with Gasteiger partial charge in [0.25, 0.3) is 11.5 Å². The molecule has 2 aromatic heterocycles. The molecule has 0 saturated heterocycles. The molecule has 0 radical (unpaired) electrons. The van der Waals surface area contributed by atoms with Gasteiger partial charge in [-0.3, -0.25) is 14.2 Å². The molecule has 0 aliphatic carbocycles. The summed E-state index contributed by atoms with van der Waals surface area (Å²) in [6, 6.07) is 9.32. The lowest BCUT2D eigenvalue weighted by atomic mass is 10.2. The third-order valence-electron chi connectivity index (χ3n) is 3.81. The van der Waals surface area contributed by atoms with Crippen LogP contribution in [0.2, 0.25) is 0 Å². The zero-order chi connectivity index (χ0) is 18.7. The molecule has 3 rings (SSSR count). The second-order valence-electron chi connectivity index (χ2n) is 6.43. The van der Waals surface area contributed by atoms with Crippen molar-refractivity contribution < 1.29 is 9.18 Å². The smallest absolute Gasteiger partial charge is 0.283 e. The van der Waals surface area contributed by atoms with Crippen molar-refractivity contribution in [3.05, 3.63) is 70.0 Å². The van der Waals surface area contributed by atoms with Crippen molar-refractivity contribution in [3.63, 3.8) is 0 Å². The molecule has 3 aromatic rings. The number of halogens is 1. The van der Waals surface area contributed by atoms with Crippen LogP contribution in [-0.2, 0) is 13.1 Å². The van der Waals surface area contributed by atoms with E-state index in [9.17, 15) is 14.0 Å². The summed E-state index contributed by atoms with van der Waals surface area (Å²) in [6.07, 6.45) is 1.59. The number of pyridine rings is 1. The third kappa shape index (κ3) is 3.77. The summed E-state index contributed by atoms with van der Waals surface area (Å²) in [6.45, 7) is 4.49. The van der Waals surface area contributed by atoms with E-state index in [0.29, 0.717) is 23.3 Å². The summed E-state index contributed by atoms with van der Waals surface area (Å²) in [4.78, 5) is 33.7. The van der Waals surface area contributed by atoms with E-state index in [2.05, 4.69) is 15.3 Å². The number of benzene rings is 1. The van der Waals surface area contributed by atoms with Crippen molar-refractivity contribution in [1.82, 2.24) is 19.9 Å². The number of amides is 1. The molecule has 0 bridgehead atoms. The predicted molar refractivity (Wildman–Crippen MR) is 96.2 cm³/mol. The lowest BCUT2D eigenvalue weighted by molar-refractivity contribution is 0.0944. The van der Waals surface area contributed by atoms with Gasteiger partial charge >= 0.3 is 0 Å². The number of hydrogen-bond donors (Lipinski definition) is 1. The Bertz CT molecular complexity index is 1010. The fourth-order valence-corrected chi connectivity index (χ4v) is 2.67. The SMILES string of the molecule is CC(C)Cn1c(=O)c(C(=O)NCc2cccc(F)c2)nc2cccnc21. The summed E-state index contributed by atoms with van der Waals surface area (Å²) < 4.78 is 14.7. The van der Waals surface area contributed by atoms with Crippen LogP contribution < -0.4 is 10.9 Å². The van der Waals surface area contributed by atoms with Crippen LogP contribution in [0.4, 0.5) is 4.39 Å². The van der Waals surface area contributed by atoms with E-state index in [0.717, 1.165) is 0 Å². The summed E-state index contributed by atoms with van der Waals surface area (Å²) in [5.41, 5.74) is 0.851. The summed E-state index contributed by atoms with van der Waals surface area (Å²) in [5.74, 6) is -0.781. The molecule has 7 heteroatoms. The molecule has 0 aliphatic heterocycles. The number of fused-ring (bicyclic) bond motifs is 1. The molecule has 26 heavy (non-hydrogen) atoms. The van der Waals surface area contributed by atoms with Gasteiger partial charge in [-0.1, -0.05) is 26.0 Å². The van der Waals surface area contributed by atoms with Crippen molar-refractivity contribution in [1.29, 1.82) is 0 Å². The summed E-state index contributed by atoms with van der Waals surface area (Å²) in [5, 5.41) is 2.63. The van der Waals surface area contributed by atoms with Crippen LogP contribution in [0.3, 0.4) is 0 Å². The van der Waals surface area contributed by atoms with E-state index >= 15 is 0 Å². The Morgan fingerprint density at radius 2 is 2.08 bits per heavy atom. The van der Waals surface area contributed by atoms with Crippen molar-refractivity contribution in [3.8, 4) is 0 Å². The molecule has 0 saturated carbocycles. The first-order valence-corrected chi connectivity index (χ1v) is 8.34. The first kappa shape index (κ1) is 17.7. The van der Waals surface area contributed by atoms with Crippen LogP contribution in [0, 0.1) is 11.7 Å². The Morgan fingerprint density at radius 3 is 2.81 bits per heavy atom. The van der Waals surface area contributed by atoms with Gasteiger partial charge in [-0.2, -0.15) is 0 Å². The van der Waals surface area contributed by atoms with Gasteiger partial charge in [0.05, 0.1) is 0 Å². The number of carbonyl (C=O) groups excluding carboxylic acids is 1. The van der Waals surface area contributed by atoms with Crippen LogP contribution in [-0.4, -0.2) is 20.4 Å². The van der Waals surface area contributed by atoms with Gasteiger partial charge in [-0.15, -0.1) is 0 Å². The molecule has 6 nitrogen and oxygen atoms in total. The highest BCUT2D eigenvalue weighted by Gasteiger charge is 2.18. The predicted octanol–water partition coefficient (Wildman–Crippen LogP) is 2.52. The van der Waals surface area contributed by atoms with Crippen LogP contribution in [0.1, 0.15) is 29.9 Å². The maximum Gasteiger partial charge on any atom is 0.283 e. The first-order valence-electron chi connectivity index (χ1n) is 8.34. The molecule has 1 aromatic carbocycles. The van der Waals surface area contributed by atoms with Crippen LogP contribution in [0.15, 0.2) is 47.4 Å². The quantitative estimate of drug-likeness (QED) is 0.764. The minimum Gasteiger partial charge on any atom is -0.346 e. The number of nitrogens with zero attached hydrogens (tertiary/aromatic N) is 3. The number of nitrogens with one attached hydrogen (secondary N) is 1. The highest BCUT2D eigenvalue weighted by molar-refractivity contribution is 5.93. The van der Waals surface area contributed by atoms with Crippen molar-refractivity contribution >= 4 is 17.1 Å². The van der Waals surface area contributed by atoms with Crippen LogP contribution >= 0.6 is 0 Å². The van der Waals surface area contributed by atoms with Crippen LogP contribution in [0.5, 0.6) is 0 Å². The van der Waals surface area contributed by atoms with E-state index in [1.54, 1.807) is 30.5 Å². The highest BCUT2D eigenvalue weighted by atomic mass is 19.1. The minimum atomic E-state index is -0.595. The molecule has 0 aliphatic rings. The van der Waals surface area contributed by atoms with E-state index < -0.39 is 11.5 Å². The van der Waals surface area contributed by atoms with Gasteiger partial charge in [0, 0.05) is 19.3 Å². The van der Waals surface area contributed by atoms with Gasteiger partial charge in [0.2, 0.25) is 0 Å². The maximum atomic E-state index is 13.2. The molecule has 0 fully saturated rings. The summed E-state index contributed by atoms with van der Waals surface area (Å²) in [7, 11) is 0. The molecular formula is C19H19FN4O2. The third-order valence-corrected chi connectivity index (χ3v) is 3.81. The average molecular weight is 354 g/mol. The fourth-order valence-electron chi connectivity index (χ4n) is 2.67. The van der Waals surface area contributed by atoms with Gasteiger partial charge in [-0.25, -0.2) is 14.4 Å². The van der Waals surface area contributed by atoms with Crippen molar-refractivity contribution in [2.45, 2.75) is 26.9 Å². The maximum absolute atomic E-state index is 13.2. The Morgan fingerprint density at radius 1 is 1.27 bits per heavy atom. The van der Waals surface area contributed by atoms with E-state index in [1.807, 2.05) is 13.8 Å². The number of rotatable bonds is 5. The normalized spacial score (nSPS) is 11.1. The van der Waals surface area contributed by atoms with E-state index in [1.165, 1.54) is 16.7 Å². The van der Waals surface area contributed by atoms with E-state index in [4.69, 9.17) is 0 Å². The van der Waals surface area contributed by atoms with E-state index in [-0.39, 0.29) is 24.0 Å². The second-order valence-corrected chi connectivity index (χ2v) is 6.43. The molecule has 0 spiro atoms. The lowest BCUT2D eigenvalue weighted by Gasteiger charge is -2.13. The second kappa shape index (κ2) is 7.43. The Kier molecular flexibility index (Phi) is 5.06. The topological polar surface area (TPSA) is 76.9 Å². The average Bonchev–Trinajstić information content (AvgIpc) is 2.61. The molecule has 1 amide bonds. The van der Waals surface area contributed by atoms with Crippen molar-refractivity contribution in [2.75, 3.05) is 0 Å². The molecule has 2 heterocycles. The van der Waals surface area contributed by atoms with Gasteiger partial charge in [-0.05, 0) is 35.7 Å². The largest absolute Gasteiger partial charge is 0.346 e. The minimum absolute atomic E-state index is 0.104. The standard InChI is InChI=1S/C19H19FN4O2/c1-12(2)11-24-17-15(7-4-8-21-17)23-16(19(24)26)18(25)22-10-13-5-3-6-14(20)9-13/h3-9,12H,10-11H2,1-2H3,(H,22,25). The zero-order valence-corrected chi connectivity index (χ0v) is 14.6.